The highest BCUT2D eigenvalue weighted by molar-refractivity contribution is 7.92. The summed E-state index contributed by atoms with van der Waals surface area (Å²) in [5, 5.41) is 0.865. The Balaban J connectivity index is 1.69. The van der Waals surface area contributed by atoms with Gasteiger partial charge in [-0.15, -0.1) is 0 Å². The maximum Gasteiger partial charge on any atom is 0.232 e. The van der Waals surface area contributed by atoms with E-state index in [0.29, 0.717) is 35.3 Å². The molecule has 1 aliphatic rings. The lowest BCUT2D eigenvalue weighted by Crippen LogP contribution is -2.31. The average molecular weight is 496 g/mol. The maximum atomic E-state index is 13.6. The van der Waals surface area contributed by atoms with Gasteiger partial charge in [-0.05, 0) is 61.1 Å². The van der Waals surface area contributed by atoms with Crippen molar-refractivity contribution in [1.29, 1.82) is 0 Å². The van der Waals surface area contributed by atoms with Crippen molar-refractivity contribution < 1.29 is 17.2 Å². The molecule has 0 aliphatic heterocycles. The maximum absolute atomic E-state index is 13.6. The zero-order chi connectivity index (χ0) is 24.6. The number of hydrogen-bond donors (Lipinski definition) is 1. The van der Waals surface area contributed by atoms with Crippen LogP contribution in [0, 0.1) is 5.82 Å². The number of nitrogens with zero attached hydrogens (tertiary/aromatic N) is 2. The van der Waals surface area contributed by atoms with E-state index in [1.807, 2.05) is 6.07 Å². The standard InChI is InChI=1S/C27H30FN3O3S/c1-3-4-5-6-15-31(35(2,32)33)23-17-24-22(16-21(23)18-7-8-18)25(27-29-13-14-30-27)26(34-24)19-9-11-20(28)12-10-19/h9-14,16-18H,3-8,15H2,1-2H3,(H,29,30). The molecule has 1 fully saturated rings. The number of imidazole rings is 1. The van der Waals surface area contributed by atoms with E-state index >= 15 is 0 Å². The molecule has 0 saturated heterocycles. The molecule has 0 unspecified atom stereocenters. The number of hydrogen-bond acceptors (Lipinski definition) is 4. The first kappa shape index (κ1) is 23.6. The fourth-order valence-electron chi connectivity index (χ4n) is 4.67. The van der Waals surface area contributed by atoms with Gasteiger partial charge in [0.25, 0.3) is 0 Å². The summed E-state index contributed by atoms with van der Waals surface area (Å²) in [7, 11) is -3.47. The second kappa shape index (κ2) is 9.49. The molecule has 0 bridgehead atoms. The van der Waals surface area contributed by atoms with Crippen LogP contribution in [0.3, 0.4) is 0 Å². The molecule has 6 nitrogen and oxygen atoms in total. The fourth-order valence-corrected chi connectivity index (χ4v) is 5.65. The van der Waals surface area contributed by atoms with Crippen molar-refractivity contribution in [2.45, 2.75) is 51.4 Å². The zero-order valence-electron chi connectivity index (χ0n) is 20.1. The van der Waals surface area contributed by atoms with E-state index < -0.39 is 10.0 Å². The number of rotatable bonds is 10. The van der Waals surface area contributed by atoms with Gasteiger partial charge < -0.3 is 9.40 Å². The summed E-state index contributed by atoms with van der Waals surface area (Å²) in [6.45, 7) is 2.58. The second-order valence-corrected chi connectivity index (χ2v) is 11.2. The number of aromatic nitrogens is 2. The first-order valence-electron chi connectivity index (χ1n) is 12.2. The van der Waals surface area contributed by atoms with Crippen molar-refractivity contribution >= 4 is 26.7 Å². The highest BCUT2D eigenvalue weighted by Gasteiger charge is 2.32. The predicted molar refractivity (Wildman–Crippen MR) is 137 cm³/mol. The van der Waals surface area contributed by atoms with Gasteiger partial charge in [-0.2, -0.15) is 0 Å². The lowest BCUT2D eigenvalue weighted by atomic mass is 10.0. The molecule has 0 amide bonds. The number of aromatic amines is 1. The number of fused-ring (bicyclic) bond motifs is 1. The number of sulfonamides is 1. The van der Waals surface area contributed by atoms with E-state index in [0.717, 1.165) is 60.6 Å². The summed E-state index contributed by atoms with van der Waals surface area (Å²) in [5.74, 6) is 1.22. The van der Waals surface area contributed by atoms with Crippen molar-refractivity contribution in [2.24, 2.45) is 0 Å². The summed E-state index contributed by atoms with van der Waals surface area (Å²) in [4.78, 5) is 7.63. The van der Waals surface area contributed by atoms with Crippen LogP contribution >= 0.6 is 0 Å². The van der Waals surface area contributed by atoms with Crippen LogP contribution in [-0.4, -0.2) is 31.2 Å². The van der Waals surface area contributed by atoms with Crippen LogP contribution in [0.25, 0.3) is 33.7 Å². The lowest BCUT2D eigenvalue weighted by molar-refractivity contribution is 0.591. The van der Waals surface area contributed by atoms with E-state index in [2.05, 4.69) is 23.0 Å². The number of furan rings is 1. The first-order valence-corrected chi connectivity index (χ1v) is 14.1. The van der Waals surface area contributed by atoms with Gasteiger partial charge in [-0.3, -0.25) is 4.31 Å². The third kappa shape index (κ3) is 4.85. The molecule has 35 heavy (non-hydrogen) atoms. The molecule has 8 heteroatoms. The molecule has 0 atom stereocenters. The van der Waals surface area contributed by atoms with Crippen LogP contribution in [0.15, 0.2) is 53.2 Å². The van der Waals surface area contributed by atoms with Crippen LogP contribution in [0.5, 0.6) is 0 Å². The summed E-state index contributed by atoms with van der Waals surface area (Å²) >= 11 is 0. The molecule has 4 aromatic rings. The minimum atomic E-state index is -3.47. The second-order valence-electron chi connectivity index (χ2n) is 9.33. The van der Waals surface area contributed by atoms with Crippen molar-refractivity contribution in [3.63, 3.8) is 0 Å². The summed E-state index contributed by atoms with van der Waals surface area (Å²) < 4.78 is 47.3. The minimum absolute atomic E-state index is 0.322. The number of benzene rings is 2. The van der Waals surface area contributed by atoms with Gasteiger partial charge in [-0.25, -0.2) is 17.8 Å². The van der Waals surface area contributed by atoms with Crippen LogP contribution in [0.1, 0.15) is 56.9 Å². The van der Waals surface area contributed by atoms with Crippen LogP contribution < -0.4 is 4.31 Å². The molecule has 2 heterocycles. The molecule has 1 N–H and O–H groups in total. The van der Waals surface area contributed by atoms with E-state index in [4.69, 9.17) is 4.42 Å². The highest BCUT2D eigenvalue weighted by atomic mass is 32.2. The van der Waals surface area contributed by atoms with E-state index in [1.165, 1.54) is 18.4 Å². The quantitative estimate of drug-likeness (QED) is 0.244. The number of nitrogens with one attached hydrogen (secondary N) is 1. The van der Waals surface area contributed by atoms with Crippen LogP contribution in [-0.2, 0) is 10.0 Å². The Labute approximate surface area is 205 Å². The van der Waals surface area contributed by atoms with Gasteiger partial charge in [0.2, 0.25) is 10.0 Å². The number of halogens is 1. The summed E-state index contributed by atoms with van der Waals surface area (Å²) in [6.07, 6.45) is 10.7. The van der Waals surface area contributed by atoms with Gasteiger partial charge in [0.1, 0.15) is 23.0 Å². The fraction of sp³-hybridized carbons (Fsp3) is 0.370. The molecule has 5 rings (SSSR count). The smallest absolute Gasteiger partial charge is 0.232 e. The molecule has 0 radical (unpaired) electrons. The molecule has 1 aliphatic carbocycles. The zero-order valence-corrected chi connectivity index (χ0v) is 20.9. The van der Waals surface area contributed by atoms with E-state index in [-0.39, 0.29) is 5.82 Å². The average Bonchev–Trinajstić information content (AvgIpc) is 3.39. The highest BCUT2D eigenvalue weighted by Crippen LogP contribution is 2.49. The topological polar surface area (TPSA) is 79.2 Å². The molecule has 184 valence electrons. The molecule has 2 aromatic heterocycles. The largest absolute Gasteiger partial charge is 0.455 e. The Kier molecular flexibility index (Phi) is 6.40. The minimum Gasteiger partial charge on any atom is -0.455 e. The van der Waals surface area contributed by atoms with Crippen LogP contribution in [0.4, 0.5) is 10.1 Å². The first-order chi connectivity index (χ1) is 16.9. The molecular weight excluding hydrogens is 465 g/mol. The SMILES string of the molecule is CCCCCCN(c1cc2oc(-c3ccc(F)cc3)c(-c3ncc[nH]3)c2cc1C1CC1)S(C)(=O)=O. The van der Waals surface area contributed by atoms with Crippen LogP contribution in [0.2, 0.25) is 0 Å². The Bertz CT molecular complexity index is 1420. The Morgan fingerprint density at radius 1 is 1.14 bits per heavy atom. The Morgan fingerprint density at radius 2 is 1.91 bits per heavy atom. The third-order valence-electron chi connectivity index (χ3n) is 6.58. The Morgan fingerprint density at radius 3 is 2.54 bits per heavy atom. The van der Waals surface area contributed by atoms with Gasteiger partial charge >= 0.3 is 0 Å². The van der Waals surface area contributed by atoms with Gasteiger partial charge in [0.15, 0.2) is 0 Å². The molecular formula is C27H30FN3O3S. The molecule has 1 saturated carbocycles. The summed E-state index contributed by atoms with van der Waals surface area (Å²) in [6, 6.07) is 10.1. The van der Waals surface area contributed by atoms with E-state index in [1.54, 1.807) is 28.8 Å². The van der Waals surface area contributed by atoms with Crippen molar-refractivity contribution in [2.75, 3.05) is 17.1 Å². The monoisotopic (exact) mass is 495 g/mol. The number of anilines is 1. The van der Waals surface area contributed by atoms with Gasteiger partial charge in [-0.1, -0.05) is 26.2 Å². The summed E-state index contributed by atoms with van der Waals surface area (Å²) in [5.41, 5.74) is 3.82. The van der Waals surface area contributed by atoms with Crippen molar-refractivity contribution in [3.8, 4) is 22.7 Å². The normalized spacial score (nSPS) is 14.0. The van der Waals surface area contributed by atoms with Gasteiger partial charge in [0.05, 0.1) is 17.5 Å². The number of H-pyrrole nitrogens is 1. The Hall–Kier alpha value is -3.13. The van der Waals surface area contributed by atoms with Crippen molar-refractivity contribution in [1.82, 2.24) is 9.97 Å². The van der Waals surface area contributed by atoms with E-state index in [9.17, 15) is 12.8 Å². The van der Waals surface area contributed by atoms with Crippen molar-refractivity contribution in [3.05, 3.63) is 60.2 Å². The third-order valence-corrected chi connectivity index (χ3v) is 7.76. The lowest BCUT2D eigenvalue weighted by Gasteiger charge is -2.25. The molecule has 0 spiro atoms. The predicted octanol–water partition coefficient (Wildman–Crippen LogP) is 6.85. The number of unbranched alkanes of at least 4 members (excludes halogenated alkanes) is 3. The molecule has 2 aromatic carbocycles. The van der Waals surface area contributed by atoms with Gasteiger partial charge in [0, 0.05) is 36.0 Å².